The van der Waals surface area contributed by atoms with Gasteiger partial charge < -0.3 is 24.3 Å². The summed E-state index contributed by atoms with van der Waals surface area (Å²) in [6, 6.07) is 6.99. The van der Waals surface area contributed by atoms with Crippen molar-refractivity contribution in [3.63, 3.8) is 0 Å². The lowest BCUT2D eigenvalue weighted by Crippen LogP contribution is -2.16. The first-order valence-corrected chi connectivity index (χ1v) is 10.1. The Morgan fingerprint density at radius 3 is 2.00 bits per heavy atom. The van der Waals surface area contributed by atoms with E-state index in [-0.39, 0.29) is 29.8 Å². The summed E-state index contributed by atoms with van der Waals surface area (Å²) in [6.45, 7) is 5.18. The molecule has 0 aromatic heterocycles. The van der Waals surface area contributed by atoms with E-state index in [9.17, 15) is 14.2 Å². The van der Waals surface area contributed by atoms with E-state index in [0.717, 1.165) is 25.9 Å². The standard InChI is InChI=1S/C19H26NO7P/c1-6-26-28(23,27-7-2)18(15(19(22)25-5)12-16(21)24-4)17(20)14-10-8-13(3)9-11-14/h8-12H,6-7,20H2,1-5H3/b15-12-,18-17+. The van der Waals surface area contributed by atoms with Gasteiger partial charge in [-0.2, -0.15) is 0 Å². The minimum atomic E-state index is -4.08. The van der Waals surface area contributed by atoms with E-state index in [0.29, 0.717) is 5.56 Å². The molecule has 0 fully saturated rings. The molecule has 0 aliphatic rings. The first-order chi connectivity index (χ1) is 13.2. The van der Waals surface area contributed by atoms with E-state index < -0.39 is 19.5 Å². The molecule has 0 unspecified atom stereocenters. The van der Waals surface area contributed by atoms with Crippen LogP contribution in [0.25, 0.3) is 5.70 Å². The predicted octanol–water partition coefficient (Wildman–Crippen LogP) is 3.16. The zero-order valence-electron chi connectivity index (χ0n) is 16.7. The highest BCUT2D eigenvalue weighted by Gasteiger charge is 2.38. The number of aryl methyl sites for hydroxylation is 1. The van der Waals surface area contributed by atoms with E-state index in [2.05, 4.69) is 4.74 Å². The number of carbonyl (C=O) groups excluding carboxylic acids is 2. The van der Waals surface area contributed by atoms with Gasteiger partial charge in [0.05, 0.1) is 38.7 Å². The molecule has 0 radical (unpaired) electrons. The van der Waals surface area contributed by atoms with Gasteiger partial charge in [-0.15, -0.1) is 0 Å². The van der Waals surface area contributed by atoms with Crippen molar-refractivity contribution < 1.29 is 32.7 Å². The molecule has 1 rings (SSSR count). The molecule has 1 aromatic rings. The largest absolute Gasteiger partial charge is 0.466 e. The Balaban J connectivity index is 3.88. The zero-order valence-corrected chi connectivity index (χ0v) is 17.6. The Morgan fingerprint density at radius 1 is 1.04 bits per heavy atom. The number of hydrogen-bond acceptors (Lipinski definition) is 8. The average molecular weight is 411 g/mol. The lowest BCUT2D eigenvalue weighted by molar-refractivity contribution is -0.138. The SMILES string of the molecule is CCOP(=O)(OCC)C(/C(=C/C(=O)OC)C(=O)OC)=C(/N)c1ccc(C)cc1. The van der Waals surface area contributed by atoms with Crippen LogP contribution in [0, 0.1) is 6.92 Å². The van der Waals surface area contributed by atoms with Crippen LogP contribution in [0.4, 0.5) is 0 Å². The van der Waals surface area contributed by atoms with Gasteiger partial charge >= 0.3 is 19.5 Å². The molecule has 0 spiro atoms. The van der Waals surface area contributed by atoms with Crippen molar-refractivity contribution in [2.24, 2.45) is 5.73 Å². The summed E-state index contributed by atoms with van der Waals surface area (Å²) in [4.78, 5) is 24.3. The number of rotatable bonds is 9. The molecule has 2 N–H and O–H groups in total. The molecule has 0 aliphatic heterocycles. The summed E-state index contributed by atoms with van der Waals surface area (Å²) < 4.78 is 33.7. The van der Waals surface area contributed by atoms with E-state index in [4.69, 9.17) is 19.5 Å². The van der Waals surface area contributed by atoms with Gasteiger partial charge in [-0.1, -0.05) is 29.8 Å². The molecular weight excluding hydrogens is 385 g/mol. The number of ether oxygens (including phenoxy) is 2. The molecule has 154 valence electrons. The topological polar surface area (TPSA) is 114 Å². The molecule has 0 saturated heterocycles. The lowest BCUT2D eigenvalue weighted by Gasteiger charge is -2.23. The molecule has 0 amide bonds. The van der Waals surface area contributed by atoms with Crippen molar-refractivity contribution in [2.45, 2.75) is 20.8 Å². The van der Waals surface area contributed by atoms with Crippen LogP contribution >= 0.6 is 7.60 Å². The normalized spacial score (nSPS) is 13.0. The van der Waals surface area contributed by atoms with Crippen molar-refractivity contribution in [3.05, 3.63) is 52.4 Å². The summed E-state index contributed by atoms with van der Waals surface area (Å²) in [5.74, 6) is -1.79. The van der Waals surface area contributed by atoms with Gasteiger partial charge in [-0.05, 0) is 26.3 Å². The van der Waals surface area contributed by atoms with Crippen molar-refractivity contribution >= 4 is 25.2 Å². The average Bonchev–Trinajstić information content (AvgIpc) is 2.67. The fourth-order valence-electron chi connectivity index (χ4n) is 2.33. The molecule has 8 nitrogen and oxygen atoms in total. The quantitative estimate of drug-likeness (QED) is 0.285. The van der Waals surface area contributed by atoms with E-state index >= 15 is 0 Å². The van der Waals surface area contributed by atoms with Crippen LogP contribution in [0.3, 0.4) is 0 Å². The van der Waals surface area contributed by atoms with E-state index in [1.54, 1.807) is 38.1 Å². The monoisotopic (exact) mass is 411 g/mol. The third kappa shape index (κ3) is 5.79. The van der Waals surface area contributed by atoms with Crippen LogP contribution in [-0.2, 0) is 32.7 Å². The molecule has 1 aromatic carbocycles. The zero-order chi connectivity index (χ0) is 21.3. The highest BCUT2D eigenvalue weighted by Crippen LogP contribution is 2.60. The fraction of sp³-hybridized carbons (Fsp3) is 0.368. The Kier molecular flexibility index (Phi) is 9.12. The van der Waals surface area contributed by atoms with E-state index in [1.807, 2.05) is 6.92 Å². The van der Waals surface area contributed by atoms with Crippen LogP contribution < -0.4 is 5.73 Å². The van der Waals surface area contributed by atoms with Gasteiger partial charge in [0.15, 0.2) is 0 Å². The van der Waals surface area contributed by atoms with Crippen molar-refractivity contribution in [1.29, 1.82) is 0 Å². The molecule has 0 heterocycles. The van der Waals surface area contributed by atoms with Crippen molar-refractivity contribution in [2.75, 3.05) is 27.4 Å². The maximum atomic E-state index is 13.5. The molecule has 0 bridgehead atoms. The van der Waals surface area contributed by atoms with Crippen LogP contribution in [-0.4, -0.2) is 39.4 Å². The summed E-state index contributed by atoms with van der Waals surface area (Å²) >= 11 is 0. The minimum absolute atomic E-state index is 0.0225. The van der Waals surface area contributed by atoms with Crippen molar-refractivity contribution in [3.8, 4) is 0 Å². The lowest BCUT2D eigenvalue weighted by atomic mass is 10.1. The summed E-state index contributed by atoms with van der Waals surface area (Å²) in [7, 11) is -1.81. The first kappa shape index (κ1) is 23.6. The fourth-order valence-corrected chi connectivity index (χ4v) is 4.21. The molecule has 9 heteroatoms. The highest BCUT2D eigenvalue weighted by molar-refractivity contribution is 7.59. The second kappa shape index (κ2) is 10.8. The van der Waals surface area contributed by atoms with Gasteiger partial charge in [0, 0.05) is 6.08 Å². The minimum Gasteiger partial charge on any atom is -0.466 e. The number of benzene rings is 1. The Bertz CT molecular complexity index is 802. The number of methoxy groups -OCH3 is 2. The Hall–Kier alpha value is -2.41. The number of carbonyl (C=O) groups is 2. The van der Waals surface area contributed by atoms with Gasteiger partial charge in [0.2, 0.25) is 0 Å². The summed E-state index contributed by atoms with van der Waals surface area (Å²) in [6.07, 6.45) is 0.854. The maximum Gasteiger partial charge on any atom is 0.364 e. The third-order valence-electron chi connectivity index (χ3n) is 3.61. The maximum absolute atomic E-state index is 13.5. The molecule has 0 atom stereocenters. The van der Waals surface area contributed by atoms with Gasteiger partial charge in [0.1, 0.15) is 5.31 Å². The number of hydrogen-bond donors (Lipinski definition) is 1. The number of nitrogens with two attached hydrogens (primary N) is 1. The van der Waals surface area contributed by atoms with Gasteiger partial charge in [-0.3, -0.25) is 4.57 Å². The van der Waals surface area contributed by atoms with E-state index in [1.165, 1.54) is 0 Å². The summed E-state index contributed by atoms with van der Waals surface area (Å²) in [5.41, 5.74) is 7.35. The van der Waals surface area contributed by atoms with Crippen LogP contribution in [0.2, 0.25) is 0 Å². The van der Waals surface area contributed by atoms with Crippen LogP contribution in [0.5, 0.6) is 0 Å². The smallest absolute Gasteiger partial charge is 0.364 e. The second-order valence-corrected chi connectivity index (χ2v) is 7.49. The molecule has 0 saturated carbocycles. The first-order valence-electron chi connectivity index (χ1n) is 8.58. The van der Waals surface area contributed by atoms with Gasteiger partial charge in [0.25, 0.3) is 0 Å². The molecular formula is C19H26NO7P. The Morgan fingerprint density at radius 2 is 1.57 bits per heavy atom. The molecule has 0 aliphatic carbocycles. The third-order valence-corrected chi connectivity index (χ3v) is 5.84. The Labute approximate surface area is 164 Å². The van der Waals surface area contributed by atoms with Crippen molar-refractivity contribution in [1.82, 2.24) is 0 Å². The second-order valence-electron chi connectivity index (χ2n) is 5.53. The highest BCUT2D eigenvalue weighted by atomic mass is 31.2. The van der Waals surface area contributed by atoms with Crippen LogP contribution in [0.15, 0.2) is 41.2 Å². The predicted molar refractivity (Wildman–Crippen MR) is 105 cm³/mol. The van der Waals surface area contributed by atoms with Gasteiger partial charge in [-0.25, -0.2) is 9.59 Å². The summed E-state index contributed by atoms with van der Waals surface area (Å²) in [5, 5.41) is -0.252. The van der Waals surface area contributed by atoms with Crippen LogP contribution in [0.1, 0.15) is 25.0 Å². The molecule has 28 heavy (non-hydrogen) atoms. The number of esters is 2.